The predicted octanol–water partition coefficient (Wildman–Crippen LogP) is 4.15. The van der Waals surface area contributed by atoms with E-state index in [0.29, 0.717) is 19.7 Å². The molecular formula is C18H22N2O2. The van der Waals surface area contributed by atoms with E-state index in [2.05, 4.69) is 5.32 Å². The Bertz CT molecular complexity index is 558. The normalized spacial score (nSPS) is 10.0. The van der Waals surface area contributed by atoms with Gasteiger partial charge in [0.05, 0.1) is 0 Å². The molecule has 0 heterocycles. The first kappa shape index (κ1) is 15.9. The van der Waals surface area contributed by atoms with E-state index in [-0.39, 0.29) is 6.09 Å². The Kier molecular flexibility index (Phi) is 6.30. The average molecular weight is 298 g/mol. The highest BCUT2D eigenvalue weighted by Gasteiger charge is 2.15. The minimum absolute atomic E-state index is 0.303. The molecule has 0 atom stereocenters. The fraction of sp³-hybridized carbons (Fsp3) is 0.278. The van der Waals surface area contributed by atoms with Crippen molar-refractivity contribution in [2.45, 2.75) is 13.3 Å². The quantitative estimate of drug-likeness (QED) is 0.781. The lowest BCUT2D eigenvalue weighted by Crippen LogP contribution is -2.33. The van der Waals surface area contributed by atoms with Crippen LogP contribution in [0.1, 0.15) is 13.3 Å². The van der Waals surface area contributed by atoms with Crippen molar-refractivity contribution in [2.75, 3.05) is 29.9 Å². The van der Waals surface area contributed by atoms with Crippen molar-refractivity contribution in [1.82, 2.24) is 0 Å². The lowest BCUT2D eigenvalue weighted by Gasteiger charge is -2.21. The van der Waals surface area contributed by atoms with Gasteiger partial charge in [-0.1, -0.05) is 43.3 Å². The molecule has 0 aliphatic heterocycles. The number of carbonyl (C=O) groups is 1. The molecule has 0 bridgehead atoms. The number of hydrogen-bond donors (Lipinski definition) is 1. The van der Waals surface area contributed by atoms with E-state index in [4.69, 9.17) is 4.74 Å². The van der Waals surface area contributed by atoms with Crippen LogP contribution in [0.3, 0.4) is 0 Å². The molecule has 0 fully saturated rings. The summed E-state index contributed by atoms with van der Waals surface area (Å²) in [5.74, 6) is 0. The first-order chi connectivity index (χ1) is 10.8. The average Bonchev–Trinajstić information content (AvgIpc) is 2.58. The van der Waals surface area contributed by atoms with Crippen LogP contribution in [0.5, 0.6) is 0 Å². The highest BCUT2D eigenvalue weighted by molar-refractivity contribution is 5.87. The summed E-state index contributed by atoms with van der Waals surface area (Å²) < 4.78 is 5.36. The minimum Gasteiger partial charge on any atom is -0.447 e. The zero-order chi connectivity index (χ0) is 15.6. The summed E-state index contributed by atoms with van der Waals surface area (Å²) in [7, 11) is 0. The van der Waals surface area contributed by atoms with Crippen molar-refractivity contribution in [3.05, 3.63) is 60.7 Å². The van der Waals surface area contributed by atoms with Crippen molar-refractivity contribution in [3.8, 4) is 0 Å². The Morgan fingerprint density at radius 2 is 1.68 bits per heavy atom. The van der Waals surface area contributed by atoms with Crippen LogP contribution in [0.2, 0.25) is 0 Å². The number of nitrogens with one attached hydrogen (secondary N) is 1. The fourth-order valence-corrected chi connectivity index (χ4v) is 2.12. The Morgan fingerprint density at radius 3 is 2.32 bits per heavy atom. The van der Waals surface area contributed by atoms with Gasteiger partial charge in [-0.05, 0) is 30.7 Å². The third-order valence-electron chi connectivity index (χ3n) is 3.17. The predicted molar refractivity (Wildman–Crippen MR) is 90.4 cm³/mol. The number of benzene rings is 2. The molecule has 116 valence electrons. The Balaban J connectivity index is 1.81. The number of anilines is 2. The van der Waals surface area contributed by atoms with Crippen molar-refractivity contribution in [1.29, 1.82) is 0 Å². The highest BCUT2D eigenvalue weighted by Crippen LogP contribution is 2.15. The van der Waals surface area contributed by atoms with Crippen molar-refractivity contribution < 1.29 is 9.53 Å². The monoisotopic (exact) mass is 298 g/mol. The Labute approximate surface area is 131 Å². The topological polar surface area (TPSA) is 41.6 Å². The van der Waals surface area contributed by atoms with Crippen molar-refractivity contribution >= 4 is 17.5 Å². The van der Waals surface area contributed by atoms with Crippen LogP contribution in [0.15, 0.2) is 60.7 Å². The van der Waals surface area contributed by atoms with E-state index in [1.165, 1.54) is 0 Å². The van der Waals surface area contributed by atoms with Crippen LogP contribution in [-0.2, 0) is 4.74 Å². The molecule has 0 saturated heterocycles. The van der Waals surface area contributed by atoms with Gasteiger partial charge in [-0.3, -0.25) is 4.90 Å². The molecule has 0 aliphatic rings. The van der Waals surface area contributed by atoms with E-state index in [1.54, 1.807) is 4.90 Å². The lowest BCUT2D eigenvalue weighted by molar-refractivity contribution is 0.158. The largest absolute Gasteiger partial charge is 0.447 e. The first-order valence-corrected chi connectivity index (χ1v) is 7.59. The minimum atomic E-state index is -0.303. The smallest absolute Gasteiger partial charge is 0.414 e. The second-order valence-electron chi connectivity index (χ2n) is 4.89. The maximum Gasteiger partial charge on any atom is 0.414 e. The summed E-state index contributed by atoms with van der Waals surface area (Å²) in [5.41, 5.74) is 1.89. The van der Waals surface area contributed by atoms with Crippen LogP contribution in [0, 0.1) is 0 Å². The lowest BCUT2D eigenvalue weighted by atomic mass is 10.3. The maximum atomic E-state index is 12.2. The van der Waals surface area contributed by atoms with Gasteiger partial charge in [-0.25, -0.2) is 4.79 Å². The molecule has 0 spiro atoms. The highest BCUT2D eigenvalue weighted by atomic mass is 16.6. The van der Waals surface area contributed by atoms with E-state index in [0.717, 1.165) is 17.8 Å². The SMILES string of the molecule is CCCN(C(=O)OCCNc1ccccc1)c1ccccc1. The van der Waals surface area contributed by atoms with Gasteiger partial charge in [-0.2, -0.15) is 0 Å². The molecule has 1 N–H and O–H groups in total. The number of carbonyl (C=O) groups excluding carboxylic acids is 1. The van der Waals surface area contributed by atoms with Crippen LogP contribution >= 0.6 is 0 Å². The molecule has 0 aromatic heterocycles. The van der Waals surface area contributed by atoms with Crippen LogP contribution in [-0.4, -0.2) is 25.8 Å². The van der Waals surface area contributed by atoms with E-state index >= 15 is 0 Å². The number of ether oxygens (including phenoxy) is 1. The van der Waals surface area contributed by atoms with E-state index < -0.39 is 0 Å². The number of hydrogen-bond acceptors (Lipinski definition) is 3. The third kappa shape index (κ3) is 4.81. The number of nitrogens with zero attached hydrogens (tertiary/aromatic N) is 1. The van der Waals surface area contributed by atoms with E-state index in [9.17, 15) is 4.79 Å². The molecule has 2 aromatic rings. The van der Waals surface area contributed by atoms with Gasteiger partial charge in [0.15, 0.2) is 0 Å². The summed E-state index contributed by atoms with van der Waals surface area (Å²) >= 11 is 0. The summed E-state index contributed by atoms with van der Waals surface area (Å²) in [6.07, 6.45) is 0.578. The van der Waals surface area contributed by atoms with Crippen molar-refractivity contribution in [3.63, 3.8) is 0 Å². The van der Waals surface area contributed by atoms with Gasteiger partial charge in [0, 0.05) is 24.5 Å². The molecule has 2 aromatic carbocycles. The van der Waals surface area contributed by atoms with Gasteiger partial charge < -0.3 is 10.1 Å². The van der Waals surface area contributed by atoms with Gasteiger partial charge in [-0.15, -0.1) is 0 Å². The van der Waals surface area contributed by atoms with Crippen LogP contribution in [0.4, 0.5) is 16.2 Å². The zero-order valence-electron chi connectivity index (χ0n) is 12.9. The molecule has 0 aliphatic carbocycles. The number of amides is 1. The number of rotatable bonds is 7. The molecule has 1 amide bonds. The molecular weight excluding hydrogens is 276 g/mol. The van der Waals surface area contributed by atoms with Crippen LogP contribution in [0.25, 0.3) is 0 Å². The molecule has 2 rings (SSSR count). The standard InChI is InChI=1S/C18H22N2O2/c1-2-14-20(17-11-7-4-8-12-17)18(21)22-15-13-19-16-9-5-3-6-10-16/h3-12,19H,2,13-15H2,1H3. The summed E-state index contributed by atoms with van der Waals surface area (Å²) in [4.78, 5) is 13.9. The Hall–Kier alpha value is -2.49. The second-order valence-corrected chi connectivity index (χ2v) is 4.89. The molecule has 4 heteroatoms. The molecule has 0 unspecified atom stereocenters. The summed E-state index contributed by atoms with van der Waals surface area (Å²) in [6, 6.07) is 19.5. The number of para-hydroxylation sites is 2. The van der Waals surface area contributed by atoms with Crippen LogP contribution < -0.4 is 10.2 Å². The summed E-state index contributed by atoms with van der Waals surface area (Å²) in [6.45, 7) is 3.61. The molecule has 4 nitrogen and oxygen atoms in total. The van der Waals surface area contributed by atoms with Gasteiger partial charge in [0.1, 0.15) is 6.61 Å². The van der Waals surface area contributed by atoms with Crippen molar-refractivity contribution in [2.24, 2.45) is 0 Å². The van der Waals surface area contributed by atoms with Gasteiger partial charge in [0.2, 0.25) is 0 Å². The fourth-order valence-electron chi connectivity index (χ4n) is 2.12. The third-order valence-corrected chi connectivity index (χ3v) is 3.17. The Morgan fingerprint density at radius 1 is 1.05 bits per heavy atom. The molecule has 0 saturated carbocycles. The molecule has 0 radical (unpaired) electrons. The van der Waals surface area contributed by atoms with Gasteiger partial charge >= 0.3 is 6.09 Å². The first-order valence-electron chi connectivity index (χ1n) is 7.59. The summed E-state index contributed by atoms with van der Waals surface area (Å²) in [5, 5.41) is 3.21. The molecule has 22 heavy (non-hydrogen) atoms. The van der Waals surface area contributed by atoms with E-state index in [1.807, 2.05) is 67.6 Å². The van der Waals surface area contributed by atoms with Gasteiger partial charge in [0.25, 0.3) is 0 Å². The zero-order valence-corrected chi connectivity index (χ0v) is 12.9. The second kappa shape index (κ2) is 8.72. The maximum absolute atomic E-state index is 12.2.